The van der Waals surface area contributed by atoms with Crippen LogP contribution in [0.3, 0.4) is 0 Å². The van der Waals surface area contributed by atoms with E-state index in [2.05, 4.69) is 16.0 Å². The van der Waals surface area contributed by atoms with Crippen LogP contribution in [-0.2, 0) is 9.47 Å². The summed E-state index contributed by atoms with van der Waals surface area (Å²) in [5.74, 6) is -0.314. The van der Waals surface area contributed by atoms with Gasteiger partial charge in [-0.05, 0) is 51.5 Å². The summed E-state index contributed by atoms with van der Waals surface area (Å²) in [6.07, 6.45) is 2.66. The molecule has 0 amide bonds. The van der Waals surface area contributed by atoms with E-state index in [1.807, 2.05) is 32.9 Å². The van der Waals surface area contributed by atoms with Gasteiger partial charge >= 0.3 is 5.97 Å². The Morgan fingerprint density at radius 3 is 2.83 bits per heavy atom. The second-order valence-corrected chi connectivity index (χ2v) is 7.01. The lowest BCUT2D eigenvalue weighted by Gasteiger charge is -2.23. The van der Waals surface area contributed by atoms with Crippen molar-refractivity contribution < 1.29 is 14.3 Å². The van der Waals surface area contributed by atoms with Crippen molar-refractivity contribution in [1.82, 2.24) is 4.98 Å². The summed E-state index contributed by atoms with van der Waals surface area (Å²) in [6.45, 7) is 8.95. The number of pyridine rings is 1. The first-order chi connectivity index (χ1) is 11.4. The number of benzene rings is 1. The predicted octanol–water partition coefficient (Wildman–Crippen LogP) is 3.42. The number of rotatable bonds is 2. The standard InChI is InChI=1S/C19H24N2O3/c1-19(2,3)24-18(22)15-7-8-20-17-6-5-14(13-16(15)17)21-9-4-11-23-12-10-21/h5-8,13H,4,9-12H2,1-3H3. The fourth-order valence-electron chi connectivity index (χ4n) is 2.85. The van der Waals surface area contributed by atoms with Crippen LogP contribution in [-0.4, -0.2) is 42.9 Å². The first kappa shape index (κ1) is 16.7. The molecule has 0 radical (unpaired) electrons. The van der Waals surface area contributed by atoms with Gasteiger partial charge in [0.25, 0.3) is 0 Å². The Bertz CT molecular complexity index is 729. The van der Waals surface area contributed by atoms with Crippen LogP contribution in [0.2, 0.25) is 0 Å². The zero-order chi connectivity index (χ0) is 17.2. The zero-order valence-electron chi connectivity index (χ0n) is 14.5. The van der Waals surface area contributed by atoms with Crippen LogP contribution >= 0.6 is 0 Å². The Labute approximate surface area is 142 Å². The molecule has 0 saturated carbocycles. The molecule has 0 bridgehead atoms. The minimum atomic E-state index is -0.521. The van der Waals surface area contributed by atoms with E-state index in [0.29, 0.717) is 5.56 Å². The third-order valence-corrected chi connectivity index (χ3v) is 3.93. The molecule has 1 fully saturated rings. The molecule has 0 unspecified atom stereocenters. The van der Waals surface area contributed by atoms with Crippen LogP contribution in [0.1, 0.15) is 37.6 Å². The monoisotopic (exact) mass is 328 g/mol. The molecule has 128 valence electrons. The van der Waals surface area contributed by atoms with Crippen molar-refractivity contribution in [2.45, 2.75) is 32.8 Å². The van der Waals surface area contributed by atoms with Gasteiger partial charge in [-0.2, -0.15) is 0 Å². The second-order valence-electron chi connectivity index (χ2n) is 7.01. The molecule has 5 heteroatoms. The first-order valence-corrected chi connectivity index (χ1v) is 8.39. The van der Waals surface area contributed by atoms with Crippen molar-refractivity contribution in [3.05, 3.63) is 36.0 Å². The molecule has 0 N–H and O–H groups in total. The number of anilines is 1. The molecule has 5 nitrogen and oxygen atoms in total. The number of fused-ring (bicyclic) bond motifs is 1. The van der Waals surface area contributed by atoms with E-state index >= 15 is 0 Å². The van der Waals surface area contributed by atoms with Gasteiger partial charge in [-0.3, -0.25) is 4.98 Å². The van der Waals surface area contributed by atoms with Gasteiger partial charge in [0.15, 0.2) is 0 Å². The first-order valence-electron chi connectivity index (χ1n) is 8.39. The van der Waals surface area contributed by atoms with Crippen molar-refractivity contribution in [1.29, 1.82) is 0 Å². The van der Waals surface area contributed by atoms with Gasteiger partial charge in [0.2, 0.25) is 0 Å². The molecule has 1 aliphatic heterocycles. The average molecular weight is 328 g/mol. The van der Waals surface area contributed by atoms with Crippen LogP contribution in [0.15, 0.2) is 30.5 Å². The highest BCUT2D eigenvalue weighted by atomic mass is 16.6. The number of hydrogen-bond acceptors (Lipinski definition) is 5. The number of carbonyl (C=O) groups excluding carboxylic acids is 1. The van der Waals surface area contributed by atoms with E-state index in [1.165, 1.54) is 0 Å². The molecule has 2 heterocycles. The topological polar surface area (TPSA) is 51.7 Å². The average Bonchev–Trinajstić information content (AvgIpc) is 2.81. The molecule has 1 aromatic carbocycles. The molecule has 2 aromatic rings. The molecule has 24 heavy (non-hydrogen) atoms. The van der Waals surface area contributed by atoms with Crippen molar-refractivity contribution in [2.75, 3.05) is 31.2 Å². The summed E-state index contributed by atoms with van der Waals surface area (Å²) in [5.41, 5.74) is 1.92. The van der Waals surface area contributed by atoms with Crippen molar-refractivity contribution in [3.63, 3.8) is 0 Å². The number of nitrogens with zero attached hydrogens (tertiary/aromatic N) is 2. The van der Waals surface area contributed by atoms with E-state index in [-0.39, 0.29) is 5.97 Å². The van der Waals surface area contributed by atoms with Gasteiger partial charge in [-0.25, -0.2) is 4.79 Å². The van der Waals surface area contributed by atoms with E-state index in [1.54, 1.807) is 12.3 Å². The van der Waals surface area contributed by atoms with E-state index in [0.717, 1.165) is 49.3 Å². The predicted molar refractivity (Wildman–Crippen MR) is 94.6 cm³/mol. The summed E-state index contributed by atoms with van der Waals surface area (Å²) in [6, 6.07) is 7.78. The third-order valence-electron chi connectivity index (χ3n) is 3.93. The van der Waals surface area contributed by atoms with Crippen LogP contribution in [0.4, 0.5) is 5.69 Å². The van der Waals surface area contributed by atoms with E-state index in [4.69, 9.17) is 9.47 Å². The largest absolute Gasteiger partial charge is 0.456 e. The maximum Gasteiger partial charge on any atom is 0.339 e. The molecule has 1 aromatic heterocycles. The van der Waals surface area contributed by atoms with Gasteiger partial charge in [-0.15, -0.1) is 0 Å². The van der Waals surface area contributed by atoms with Crippen LogP contribution in [0.5, 0.6) is 0 Å². The Morgan fingerprint density at radius 1 is 1.21 bits per heavy atom. The molecule has 1 aliphatic rings. The summed E-state index contributed by atoms with van der Waals surface area (Å²) in [7, 11) is 0. The molecule has 0 spiro atoms. The number of hydrogen-bond donors (Lipinski definition) is 0. The van der Waals surface area contributed by atoms with Gasteiger partial charge in [0.1, 0.15) is 5.60 Å². The normalized spacial score (nSPS) is 16.0. The van der Waals surface area contributed by atoms with Crippen molar-refractivity contribution in [3.8, 4) is 0 Å². The Balaban J connectivity index is 1.98. The minimum absolute atomic E-state index is 0.314. The molecule has 1 saturated heterocycles. The number of carbonyl (C=O) groups is 1. The summed E-state index contributed by atoms with van der Waals surface area (Å²) >= 11 is 0. The highest BCUT2D eigenvalue weighted by Crippen LogP contribution is 2.26. The molecule has 0 atom stereocenters. The smallest absolute Gasteiger partial charge is 0.339 e. The zero-order valence-corrected chi connectivity index (χ0v) is 14.5. The van der Waals surface area contributed by atoms with Gasteiger partial charge in [0, 0.05) is 37.0 Å². The molecule has 0 aliphatic carbocycles. The molecular formula is C19H24N2O3. The van der Waals surface area contributed by atoms with Crippen molar-refractivity contribution in [2.24, 2.45) is 0 Å². The fraction of sp³-hybridized carbons (Fsp3) is 0.474. The molecular weight excluding hydrogens is 304 g/mol. The lowest BCUT2D eigenvalue weighted by atomic mass is 10.1. The summed E-state index contributed by atoms with van der Waals surface area (Å²) in [5, 5.41) is 0.828. The third kappa shape index (κ3) is 3.85. The van der Waals surface area contributed by atoms with Crippen LogP contribution < -0.4 is 4.90 Å². The van der Waals surface area contributed by atoms with Crippen LogP contribution in [0, 0.1) is 0 Å². The SMILES string of the molecule is CC(C)(C)OC(=O)c1ccnc2ccc(N3CCCOCC3)cc12. The van der Waals surface area contributed by atoms with E-state index < -0.39 is 5.60 Å². The minimum Gasteiger partial charge on any atom is -0.456 e. The Hall–Kier alpha value is -2.14. The van der Waals surface area contributed by atoms with Gasteiger partial charge in [0.05, 0.1) is 17.7 Å². The number of aromatic nitrogens is 1. The Kier molecular flexibility index (Phi) is 4.71. The highest BCUT2D eigenvalue weighted by Gasteiger charge is 2.20. The number of esters is 1. The Morgan fingerprint density at radius 2 is 2.04 bits per heavy atom. The van der Waals surface area contributed by atoms with Gasteiger partial charge < -0.3 is 14.4 Å². The summed E-state index contributed by atoms with van der Waals surface area (Å²) < 4.78 is 11.1. The van der Waals surface area contributed by atoms with E-state index in [9.17, 15) is 4.79 Å². The van der Waals surface area contributed by atoms with Crippen LogP contribution in [0.25, 0.3) is 10.9 Å². The number of ether oxygens (including phenoxy) is 2. The van der Waals surface area contributed by atoms with Crippen molar-refractivity contribution >= 4 is 22.6 Å². The fourth-order valence-corrected chi connectivity index (χ4v) is 2.85. The maximum atomic E-state index is 12.5. The lowest BCUT2D eigenvalue weighted by Crippen LogP contribution is -2.26. The maximum absolute atomic E-state index is 12.5. The quantitative estimate of drug-likeness (QED) is 0.791. The second kappa shape index (κ2) is 6.77. The lowest BCUT2D eigenvalue weighted by molar-refractivity contribution is 0.00718. The van der Waals surface area contributed by atoms with Gasteiger partial charge in [-0.1, -0.05) is 0 Å². The summed E-state index contributed by atoms with van der Waals surface area (Å²) in [4.78, 5) is 19.2. The highest BCUT2D eigenvalue weighted by molar-refractivity contribution is 6.04. The molecule has 3 rings (SSSR count).